The normalized spacial score (nSPS) is 29.2. The predicted molar refractivity (Wildman–Crippen MR) is 76.9 cm³/mol. The highest BCUT2D eigenvalue weighted by Crippen LogP contribution is 2.54. The van der Waals surface area contributed by atoms with Crippen molar-refractivity contribution in [1.82, 2.24) is 0 Å². The van der Waals surface area contributed by atoms with E-state index in [0.717, 1.165) is 30.9 Å². The summed E-state index contributed by atoms with van der Waals surface area (Å²) in [7, 11) is -2.39. The third kappa shape index (κ3) is 3.17. The van der Waals surface area contributed by atoms with E-state index >= 15 is 0 Å². The van der Waals surface area contributed by atoms with Crippen LogP contribution in [0, 0.1) is 5.92 Å². The molecule has 2 rings (SSSR count). The molecule has 0 radical (unpaired) electrons. The molecule has 3 heteroatoms. The van der Waals surface area contributed by atoms with Gasteiger partial charge in [0.2, 0.25) is 7.37 Å². The Bertz CT molecular complexity index is 438. The molecule has 0 bridgehead atoms. The molecule has 0 aromatic heterocycles. The summed E-state index contributed by atoms with van der Waals surface area (Å²) < 4.78 is 18.2. The van der Waals surface area contributed by atoms with Crippen LogP contribution in [0.3, 0.4) is 0 Å². The van der Waals surface area contributed by atoms with Crippen LogP contribution in [0.4, 0.5) is 0 Å². The molecule has 1 aromatic rings. The van der Waals surface area contributed by atoms with Crippen LogP contribution >= 0.6 is 7.37 Å². The zero-order valence-electron chi connectivity index (χ0n) is 11.6. The second kappa shape index (κ2) is 5.48. The smallest absolute Gasteiger partial charge is 0.248 e. The van der Waals surface area contributed by atoms with Gasteiger partial charge in [-0.05, 0) is 42.4 Å². The number of hydrogen-bond acceptors (Lipinski definition) is 2. The maximum absolute atomic E-state index is 12.4. The Hall–Kier alpha value is -0.750. The van der Waals surface area contributed by atoms with E-state index in [1.165, 1.54) is 5.56 Å². The van der Waals surface area contributed by atoms with E-state index in [2.05, 4.69) is 32.9 Å². The second-order valence-electron chi connectivity index (χ2n) is 5.58. The molecule has 1 aliphatic rings. The van der Waals surface area contributed by atoms with Crippen LogP contribution in [-0.4, -0.2) is 12.3 Å². The SMILES string of the molecule is CC[C@@H](C)c1ccc(O[P@]2(=O)CC[C@H](C)C2)cc1. The molecule has 1 saturated heterocycles. The van der Waals surface area contributed by atoms with Crippen LogP contribution in [0.25, 0.3) is 0 Å². The molecule has 0 spiro atoms. The lowest BCUT2D eigenvalue weighted by atomic mass is 9.99. The Morgan fingerprint density at radius 2 is 2.06 bits per heavy atom. The molecule has 3 atom stereocenters. The average molecular weight is 266 g/mol. The predicted octanol–water partition coefficient (Wildman–Crippen LogP) is 4.90. The van der Waals surface area contributed by atoms with Gasteiger partial charge in [0.1, 0.15) is 5.75 Å². The minimum absolute atomic E-state index is 0.537. The van der Waals surface area contributed by atoms with Gasteiger partial charge in [-0.2, -0.15) is 0 Å². The lowest BCUT2D eigenvalue weighted by molar-refractivity contribution is 0.486. The van der Waals surface area contributed by atoms with E-state index in [1.807, 2.05) is 12.1 Å². The van der Waals surface area contributed by atoms with Gasteiger partial charge in [-0.15, -0.1) is 0 Å². The molecule has 1 aromatic carbocycles. The summed E-state index contributed by atoms with van der Waals surface area (Å²) in [6.45, 7) is 6.55. The lowest BCUT2D eigenvalue weighted by Crippen LogP contribution is -1.97. The molecule has 0 aliphatic carbocycles. The number of hydrogen-bond donors (Lipinski definition) is 0. The fraction of sp³-hybridized carbons (Fsp3) is 0.600. The average Bonchev–Trinajstić information content (AvgIpc) is 2.69. The van der Waals surface area contributed by atoms with Gasteiger partial charge in [0.05, 0.1) is 0 Å². The van der Waals surface area contributed by atoms with Crippen LogP contribution in [-0.2, 0) is 4.57 Å². The summed E-state index contributed by atoms with van der Waals surface area (Å²) in [5.74, 6) is 1.87. The van der Waals surface area contributed by atoms with Crippen molar-refractivity contribution in [3.8, 4) is 5.75 Å². The van der Waals surface area contributed by atoms with Crippen molar-refractivity contribution in [3.05, 3.63) is 29.8 Å². The zero-order valence-corrected chi connectivity index (χ0v) is 12.5. The van der Waals surface area contributed by atoms with Crippen molar-refractivity contribution in [2.24, 2.45) is 5.92 Å². The van der Waals surface area contributed by atoms with Crippen molar-refractivity contribution in [2.75, 3.05) is 12.3 Å². The van der Waals surface area contributed by atoms with E-state index in [9.17, 15) is 4.57 Å². The van der Waals surface area contributed by atoms with Crippen LogP contribution < -0.4 is 4.52 Å². The Labute approximate surface area is 110 Å². The highest BCUT2D eigenvalue weighted by molar-refractivity contribution is 7.59. The van der Waals surface area contributed by atoms with Crippen LogP contribution in [0.1, 0.15) is 45.1 Å². The van der Waals surface area contributed by atoms with Crippen molar-refractivity contribution in [1.29, 1.82) is 0 Å². The number of benzene rings is 1. The lowest BCUT2D eigenvalue weighted by Gasteiger charge is -2.15. The largest absolute Gasteiger partial charge is 0.443 e. The molecule has 0 unspecified atom stereocenters. The van der Waals surface area contributed by atoms with Crippen molar-refractivity contribution in [2.45, 2.75) is 39.5 Å². The minimum atomic E-state index is -2.39. The maximum atomic E-state index is 12.4. The molecular formula is C15H23O2P. The topological polar surface area (TPSA) is 26.3 Å². The quantitative estimate of drug-likeness (QED) is 0.725. The highest BCUT2D eigenvalue weighted by atomic mass is 31.2. The van der Waals surface area contributed by atoms with Gasteiger partial charge in [-0.3, -0.25) is 4.57 Å². The van der Waals surface area contributed by atoms with Crippen LogP contribution in [0.2, 0.25) is 0 Å². The summed E-state index contributed by atoms with van der Waals surface area (Å²) in [4.78, 5) is 0. The standard InChI is InChI=1S/C15H23O2P/c1-4-13(3)14-5-7-15(8-6-14)17-18(16)10-9-12(2)11-18/h5-8,12-13H,4,9-11H2,1-3H3/t12-,13+,18+/m0/s1. The van der Waals surface area contributed by atoms with Crippen LogP contribution in [0.5, 0.6) is 5.75 Å². The monoisotopic (exact) mass is 266 g/mol. The molecule has 1 heterocycles. The van der Waals surface area contributed by atoms with Crippen molar-refractivity contribution < 1.29 is 9.09 Å². The molecule has 0 amide bonds. The molecule has 18 heavy (non-hydrogen) atoms. The Morgan fingerprint density at radius 3 is 2.56 bits per heavy atom. The molecule has 1 aliphatic heterocycles. The molecule has 100 valence electrons. The van der Waals surface area contributed by atoms with E-state index in [4.69, 9.17) is 4.52 Å². The van der Waals surface area contributed by atoms with Gasteiger partial charge in [0.25, 0.3) is 0 Å². The Morgan fingerprint density at radius 1 is 1.39 bits per heavy atom. The fourth-order valence-electron chi connectivity index (χ4n) is 2.44. The molecule has 1 fully saturated rings. The highest BCUT2D eigenvalue weighted by Gasteiger charge is 2.33. The van der Waals surface area contributed by atoms with Crippen LogP contribution in [0.15, 0.2) is 24.3 Å². The first kappa shape index (κ1) is 13.7. The second-order valence-corrected chi connectivity index (χ2v) is 8.21. The van der Waals surface area contributed by atoms with Gasteiger partial charge in [-0.25, -0.2) is 0 Å². The van der Waals surface area contributed by atoms with Gasteiger partial charge >= 0.3 is 0 Å². The summed E-state index contributed by atoms with van der Waals surface area (Å²) in [5, 5.41) is 0. The molecular weight excluding hydrogens is 243 g/mol. The zero-order chi connectivity index (χ0) is 13.2. The minimum Gasteiger partial charge on any atom is -0.443 e. The number of rotatable bonds is 4. The van der Waals surface area contributed by atoms with Gasteiger partial charge < -0.3 is 4.52 Å². The van der Waals surface area contributed by atoms with E-state index in [1.54, 1.807) is 0 Å². The van der Waals surface area contributed by atoms with Gasteiger partial charge in [0.15, 0.2) is 0 Å². The van der Waals surface area contributed by atoms with Crippen molar-refractivity contribution >= 4 is 7.37 Å². The van der Waals surface area contributed by atoms with Crippen molar-refractivity contribution in [3.63, 3.8) is 0 Å². The first-order valence-corrected chi connectivity index (χ1v) is 8.89. The molecule has 0 N–H and O–H groups in total. The summed E-state index contributed by atoms with van der Waals surface area (Å²) in [6.07, 6.45) is 3.64. The fourth-order valence-corrected chi connectivity index (χ4v) is 5.26. The summed E-state index contributed by atoms with van der Waals surface area (Å²) in [6, 6.07) is 8.11. The Kier molecular flexibility index (Phi) is 4.17. The molecule has 2 nitrogen and oxygen atoms in total. The first-order valence-electron chi connectivity index (χ1n) is 6.90. The van der Waals surface area contributed by atoms with E-state index < -0.39 is 7.37 Å². The molecule has 0 saturated carbocycles. The maximum Gasteiger partial charge on any atom is 0.248 e. The Balaban J connectivity index is 2.05. The first-order chi connectivity index (χ1) is 8.52. The van der Waals surface area contributed by atoms with Gasteiger partial charge in [0, 0.05) is 12.3 Å². The summed E-state index contributed by atoms with van der Waals surface area (Å²) >= 11 is 0. The third-order valence-corrected chi connectivity index (χ3v) is 6.55. The third-order valence-electron chi connectivity index (χ3n) is 3.89. The van der Waals surface area contributed by atoms with Gasteiger partial charge in [-0.1, -0.05) is 32.9 Å². The summed E-state index contributed by atoms with van der Waals surface area (Å²) in [5.41, 5.74) is 1.32. The van der Waals surface area contributed by atoms with E-state index in [0.29, 0.717) is 11.8 Å². The van der Waals surface area contributed by atoms with E-state index in [-0.39, 0.29) is 0 Å².